The molecule has 6 heteroatoms. The second-order valence-electron chi connectivity index (χ2n) is 6.33. The number of carbonyl (C=O) groups is 1. The molecular weight excluding hydrogens is 328 g/mol. The Morgan fingerprint density at radius 2 is 2.08 bits per heavy atom. The Labute approximate surface area is 151 Å². The van der Waals surface area contributed by atoms with Crippen LogP contribution in [0.25, 0.3) is 0 Å². The van der Waals surface area contributed by atoms with E-state index in [1.54, 1.807) is 11.0 Å². The third-order valence-corrected chi connectivity index (χ3v) is 4.51. The van der Waals surface area contributed by atoms with E-state index in [1.165, 1.54) is 23.9 Å². The molecule has 1 aromatic heterocycles. The fourth-order valence-electron chi connectivity index (χ4n) is 3.19. The van der Waals surface area contributed by atoms with Crippen LogP contribution >= 0.6 is 0 Å². The number of nitrogens with zero attached hydrogens (tertiary/aromatic N) is 3. The highest BCUT2D eigenvalue weighted by atomic mass is 16.5. The lowest BCUT2D eigenvalue weighted by atomic mass is 10.1. The first-order valence-corrected chi connectivity index (χ1v) is 8.76. The third-order valence-electron chi connectivity index (χ3n) is 4.51. The standard InChI is InChI=1S/C20H20N4O2/c25-20(17-8-7-15-3-1-4-16(15)11-17)23-18-5-2-6-19(12-18)26-10-9-24-14-21-13-22-24/h2,5-8,11-14H,1,3-4,9-10H2,(H,23,25). The van der Waals surface area contributed by atoms with E-state index >= 15 is 0 Å². The molecule has 1 amide bonds. The third kappa shape index (κ3) is 3.74. The van der Waals surface area contributed by atoms with Crippen molar-refractivity contribution in [3.8, 4) is 5.75 Å². The van der Waals surface area contributed by atoms with E-state index in [2.05, 4.69) is 21.5 Å². The SMILES string of the molecule is O=C(Nc1cccc(OCCn2cncn2)c1)c1ccc2c(c1)CCC2. The second kappa shape index (κ2) is 7.39. The molecule has 1 heterocycles. The van der Waals surface area contributed by atoms with Gasteiger partial charge in [0.2, 0.25) is 0 Å². The smallest absolute Gasteiger partial charge is 0.255 e. The van der Waals surface area contributed by atoms with E-state index < -0.39 is 0 Å². The minimum absolute atomic E-state index is 0.0977. The molecule has 0 saturated heterocycles. The topological polar surface area (TPSA) is 69.0 Å². The molecule has 1 N–H and O–H groups in total. The molecular formula is C20H20N4O2. The van der Waals surface area contributed by atoms with Crippen LogP contribution in [0.3, 0.4) is 0 Å². The van der Waals surface area contributed by atoms with Crippen LogP contribution in [0.4, 0.5) is 5.69 Å². The zero-order valence-electron chi connectivity index (χ0n) is 14.4. The molecule has 0 aliphatic heterocycles. The Bertz CT molecular complexity index is 906. The van der Waals surface area contributed by atoms with Crippen molar-refractivity contribution < 1.29 is 9.53 Å². The number of hydrogen-bond acceptors (Lipinski definition) is 4. The molecule has 0 atom stereocenters. The van der Waals surface area contributed by atoms with Crippen LogP contribution in [0.15, 0.2) is 55.1 Å². The van der Waals surface area contributed by atoms with Gasteiger partial charge < -0.3 is 10.1 Å². The van der Waals surface area contributed by atoms with E-state index in [1.807, 2.05) is 36.4 Å². The molecule has 0 radical (unpaired) electrons. The maximum absolute atomic E-state index is 12.5. The fraction of sp³-hybridized carbons (Fsp3) is 0.250. The first kappa shape index (κ1) is 16.3. The number of hydrogen-bond donors (Lipinski definition) is 1. The zero-order chi connectivity index (χ0) is 17.8. The van der Waals surface area contributed by atoms with Crippen molar-refractivity contribution in [3.63, 3.8) is 0 Å². The number of rotatable bonds is 6. The summed E-state index contributed by atoms with van der Waals surface area (Å²) in [4.78, 5) is 16.4. The van der Waals surface area contributed by atoms with Gasteiger partial charge in [0.15, 0.2) is 0 Å². The molecule has 0 bridgehead atoms. The summed E-state index contributed by atoms with van der Waals surface area (Å²) in [6.07, 6.45) is 6.50. The first-order valence-electron chi connectivity index (χ1n) is 8.76. The summed E-state index contributed by atoms with van der Waals surface area (Å²) in [5, 5.41) is 6.98. The number of benzene rings is 2. The zero-order valence-corrected chi connectivity index (χ0v) is 14.4. The van der Waals surface area contributed by atoms with Gasteiger partial charge in [0, 0.05) is 17.3 Å². The molecule has 1 aliphatic rings. The largest absolute Gasteiger partial charge is 0.492 e. The minimum atomic E-state index is -0.0977. The van der Waals surface area contributed by atoms with Crippen LogP contribution in [0.5, 0.6) is 5.75 Å². The highest BCUT2D eigenvalue weighted by Crippen LogP contribution is 2.24. The monoisotopic (exact) mass is 348 g/mol. The van der Waals surface area contributed by atoms with Crippen molar-refractivity contribution in [3.05, 3.63) is 71.8 Å². The molecule has 0 saturated carbocycles. The van der Waals surface area contributed by atoms with Gasteiger partial charge in [-0.2, -0.15) is 5.10 Å². The molecule has 0 unspecified atom stereocenters. The Hall–Kier alpha value is -3.15. The molecule has 0 fully saturated rings. The molecule has 132 valence electrons. The summed E-state index contributed by atoms with van der Waals surface area (Å²) in [6.45, 7) is 1.09. The van der Waals surface area contributed by atoms with Gasteiger partial charge in [0.25, 0.3) is 5.91 Å². The number of nitrogens with one attached hydrogen (secondary N) is 1. The molecule has 3 aromatic rings. The molecule has 4 rings (SSSR count). The van der Waals surface area contributed by atoms with Gasteiger partial charge in [0.1, 0.15) is 25.0 Å². The Morgan fingerprint density at radius 1 is 1.15 bits per heavy atom. The van der Waals surface area contributed by atoms with E-state index in [-0.39, 0.29) is 5.91 Å². The lowest BCUT2D eigenvalue weighted by Crippen LogP contribution is -2.12. The maximum Gasteiger partial charge on any atom is 0.255 e. The molecule has 0 spiro atoms. The molecule has 6 nitrogen and oxygen atoms in total. The van der Waals surface area contributed by atoms with Gasteiger partial charge in [0.05, 0.1) is 6.54 Å². The quantitative estimate of drug-likeness (QED) is 0.743. The number of amides is 1. The summed E-state index contributed by atoms with van der Waals surface area (Å²) >= 11 is 0. The number of aromatic nitrogens is 3. The van der Waals surface area contributed by atoms with Crippen molar-refractivity contribution in [1.29, 1.82) is 0 Å². The van der Waals surface area contributed by atoms with Gasteiger partial charge in [-0.05, 0) is 54.7 Å². The summed E-state index contributed by atoms with van der Waals surface area (Å²) in [5.74, 6) is 0.608. The summed E-state index contributed by atoms with van der Waals surface area (Å²) < 4.78 is 7.44. The highest BCUT2D eigenvalue weighted by molar-refractivity contribution is 6.04. The van der Waals surface area contributed by atoms with Crippen molar-refractivity contribution in [2.24, 2.45) is 0 Å². The van der Waals surface area contributed by atoms with E-state index in [9.17, 15) is 4.79 Å². The minimum Gasteiger partial charge on any atom is -0.492 e. The Morgan fingerprint density at radius 3 is 2.96 bits per heavy atom. The summed E-state index contributed by atoms with van der Waals surface area (Å²) in [6, 6.07) is 13.4. The van der Waals surface area contributed by atoms with E-state index in [0.717, 1.165) is 12.8 Å². The van der Waals surface area contributed by atoms with Gasteiger partial charge >= 0.3 is 0 Å². The summed E-state index contributed by atoms with van der Waals surface area (Å²) in [7, 11) is 0. The van der Waals surface area contributed by atoms with Crippen molar-refractivity contribution in [2.75, 3.05) is 11.9 Å². The van der Waals surface area contributed by atoms with Crippen LogP contribution in [-0.2, 0) is 19.4 Å². The van der Waals surface area contributed by atoms with E-state index in [4.69, 9.17) is 4.74 Å². The van der Waals surface area contributed by atoms with Crippen LogP contribution < -0.4 is 10.1 Å². The van der Waals surface area contributed by atoms with Crippen molar-refractivity contribution in [2.45, 2.75) is 25.8 Å². The average molecular weight is 348 g/mol. The van der Waals surface area contributed by atoms with Gasteiger partial charge in [-0.3, -0.25) is 4.79 Å². The number of aryl methyl sites for hydroxylation is 2. The molecule has 26 heavy (non-hydrogen) atoms. The average Bonchev–Trinajstić information content (AvgIpc) is 3.33. The van der Waals surface area contributed by atoms with Gasteiger partial charge in [-0.25, -0.2) is 9.67 Å². The normalized spacial score (nSPS) is 12.6. The maximum atomic E-state index is 12.5. The lowest BCUT2D eigenvalue weighted by molar-refractivity contribution is 0.102. The number of fused-ring (bicyclic) bond motifs is 1. The Balaban J connectivity index is 1.37. The molecule has 2 aromatic carbocycles. The lowest BCUT2D eigenvalue weighted by Gasteiger charge is -2.10. The Kier molecular flexibility index (Phi) is 4.64. The van der Waals surface area contributed by atoms with E-state index in [0.29, 0.717) is 30.2 Å². The van der Waals surface area contributed by atoms with Crippen LogP contribution in [0.1, 0.15) is 27.9 Å². The number of anilines is 1. The highest BCUT2D eigenvalue weighted by Gasteiger charge is 2.14. The second-order valence-corrected chi connectivity index (χ2v) is 6.33. The predicted octanol–water partition coefficient (Wildman–Crippen LogP) is 3.10. The predicted molar refractivity (Wildman–Crippen MR) is 98.4 cm³/mol. The number of ether oxygens (including phenoxy) is 1. The van der Waals surface area contributed by atoms with Crippen molar-refractivity contribution in [1.82, 2.24) is 14.8 Å². The fourth-order valence-corrected chi connectivity index (χ4v) is 3.19. The van der Waals surface area contributed by atoms with Crippen LogP contribution in [0, 0.1) is 0 Å². The molecule has 1 aliphatic carbocycles. The van der Waals surface area contributed by atoms with Crippen molar-refractivity contribution >= 4 is 11.6 Å². The van der Waals surface area contributed by atoms with Crippen LogP contribution in [0.2, 0.25) is 0 Å². The first-order chi connectivity index (χ1) is 12.8. The van der Waals surface area contributed by atoms with Gasteiger partial charge in [-0.15, -0.1) is 0 Å². The number of carbonyl (C=O) groups excluding carboxylic acids is 1. The van der Waals surface area contributed by atoms with Gasteiger partial charge in [-0.1, -0.05) is 12.1 Å². The van der Waals surface area contributed by atoms with Crippen LogP contribution in [-0.4, -0.2) is 27.3 Å². The summed E-state index contributed by atoms with van der Waals surface area (Å²) in [5.41, 5.74) is 4.07.